The second kappa shape index (κ2) is 7.38. The molecule has 0 radical (unpaired) electrons. The number of rotatable bonds is 5. The largest absolute Gasteiger partial charge is 0.414 e. The number of hydrogen-bond acceptors (Lipinski definition) is 8. The van der Waals surface area contributed by atoms with E-state index in [0.29, 0.717) is 11.1 Å². The van der Waals surface area contributed by atoms with Crippen LogP contribution in [-0.2, 0) is 6.54 Å². The van der Waals surface area contributed by atoms with Gasteiger partial charge in [0.05, 0.1) is 16.9 Å². The fourth-order valence-electron chi connectivity index (χ4n) is 3.20. The Bertz CT molecular complexity index is 1060. The molecule has 0 bridgehead atoms. The van der Waals surface area contributed by atoms with Gasteiger partial charge in [0.1, 0.15) is 5.03 Å². The first-order valence-corrected chi connectivity index (χ1v) is 10.6. The maximum Gasteiger partial charge on any atom is 0.283 e. The molecular weight excluding hydrogens is 378 g/mol. The molecule has 3 aromatic heterocycles. The van der Waals surface area contributed by atoms with Crippen molar-refractivity contribution in [3.05, 3.63) is 47.7 Å². The van der Waals surface area contributed by atoms with Crippen LogP contribution < -0.4 is 0 Å². The Labute approximate surface area is 164 Å². The first-order valence-electron chi connectivity index (χ1n) is 8.88. The number of thiophene rings is 1. The van der Waals surface area contributed by atoms with Crippen LogP contribution in [0.25, 0.3) is 21.6 Å². The molecule has 0 unspecified atom stereocenters. The first kappa shape index (κ1) is 16.9. The van der Waals surface area contributed by atoms with Crippen molar-refractivity contribution in [2.24, 2.45) is 0 Å². The summed E-state index contributed by atoms with van der Waals surface area (Å²) in [5.41, 5.74) is 0.912. The number of hydrogen-bond donors (Lipinski definition) is 0. The highest BCUT2D eigenvalue weighted by atomic mass is 32.2. The Morgan fingerprint density at radius 1 is 1.04 bits per heavy atom. The van der Waals surface area contributed by atoms with Gasteiger partial charge >= 0.3 is 0 Å². The number of likely N-dealkylation sites (tertiary alicyclic amines) is 1. The Morgan fingerprint density at radius 3 is 2.78 bits per heavy atom. The van der Waals surface area contributed by atoms with E-state index in [1.807, 2.05) is 41.8 Å². The fourth-order valence-corrected chi connectivity index (χ4v) is 4.66. The van der Waals surface area contributed by atoms with Gasteiger partial charge in [-0.25, -0.2) is 9.97 Å². The lowest BCUT2D eigenvalue weighted by molar-refractivity contribution is 0.278. The van der Waals surface area contributed by atoms with Gasteiger partial charge in [-0.3, -0.25) is 4.90 Å². The molecule has 1 aliphatic rings. The predicted octanol–water partition coefficient (Wildman–Crippen LogP) is 4.49. The SMILES string of the molecule is c1csc(-c2nc(Sc3nnc(CN4CCCC4)o3)c3ccccc3n2)c1. The molecule has 0 atom stereocenters. The molecule has 5 rings (SSSR count). The van der Waals surface area contributed by atoms with Crippen molar-refractivity contribution in [2.75, 3.05) is 13.1 Å². The van der Waals surface area contributed by atoms with Gasteiger partial charge in [-0.2, -0.15) is 0 Å². The van der Waals surface area contributed by atoms with Crippen LogP contribution in [0.2, 0.25) is 0 Å². The van der Waals surface area contributed by atoms with Crippen molar-refractivity contribution < 1.29 is 4.42 Å². The monoisotopic (exact) mass is 395 g/mol. The molecule has 4 heterocycles. The molecule has 1 aliphatic heterocycles. The maximum absolute atomic E-state index is 5.87. The van der Waals surface area contributed by atoms with Crippen LogP contribution >= 0.6 is 23.1 Å². The summed E-state index contributed by atoms with van der Waals surface area (Å²) in [6.45, 7) is 2.93. The molecule has 136 valence electrons. The standard InChI is InChI=1S/C19H17N5OS2/c1-2-7-14-13(6-1)18(21-17(20-14)15-8-5-11-26-15)27-19-23-22-16(25-19)12-24-9-3-4-10-24/h1-2,5-8,11H,3-4,9-10,12H2. The molecule has 6 nitrogen and oxygen atoms in total. The third-order valence-electron chi connectivity index (χ3n) is 4.50. The lowest BCUT2D eigenvalue weighted by Crippen LogP contribution is -2.18. The molecule has 8 heteroatoms. The molecule has 1 saturated heterocycles. The summed E-state index contributed by atoms with van der Waals surface area (Å²) >= 11 is 3.03. The van der Waals surface area contributed by atoms with Gasteiger partial charge < -0.3 is 4.42 Å². The van der Waals surface area contributed by atoms with E-state index in [9.17, 15) is 0 Å². The summed E-state index contributed by atoms with van der Waals surface area (Å²) in [5.74, 6) is 1.39. The Morgan fingerprint density at radius 2 is 1.93 bits per heavy atom. The van der Waals surface area contributed by atoms with E-state index in [1.54, 1.807) is 11.3 Å². The average Bonchev–Trinajstić information content (AvgIpc) is 3.45. The van der Waals surface area contributed by atoms with Crippen LogP contribution in [0.1, 0.15) is 18.7 Å². The zero-order valence-corrected chi connectivity index (χ0v) is 16.2. The summed E-state index contributed by atoms with van der Waals surface area (Å²) in [6, 6.07) is 12.1. The summed E-state index contributed by atoms with van der Waals surface area (Å²) < 4.78 is 5.87. The number of fused-ring (bicyclic) bond motifs is 1. The minimum atomic E-state index is 0.519. The van der Waals surface area contributed by atoms with Gasteiger partial charge in [0.25, 0.3) is 5.22 Å². The third kappa shape index (κ3) is 3.60. The average molecular weight is 396 g/mol. The molecule has 0 spiro atoms. The van der Waals surface area contributed by atoms with E-state index < -0.39 is 0 Å². The van der Waals surface area contributed by atoms with Crippen LogP contribution in [0.5, 0.6) is 0 Å². The summed E-state index contributed by atoms with van der Waals surface area (Å²) in [5, 5.41) is 12.8. The van der Waals surface area contributed by atoms with Crippen molar-refractivity contribution in [2.45, 2.75) is 29.6 Å². The normalized spacial score (nSPS) is 15.0. The van der Waals surface area contributed by atoms with Gasteiger partial charge in [-0.15, -0.1) is 21.5 Å². The lowest BCUT2D eigenvalue weighted by atomic mass is 10.2. The zero-order chi connectivity index (χ0) is 18.1. The van der Waals surface area contributed by atoms with Gasteiger partial charge in [0, 0.05) is 5.39 Å². The lowest BCUT2D eigenvalue weighted by Gasteiger charge is -2.10. The van der Waals surface area contributed by atoms with Crippen LogP contribution in [0.4, 0.5) is 0 Å². The summed E-state index contributed by atoms with van der Waals surface area (Å²) in [4.78, 5) is 12.9. The first-order chi connectivity index (χ1) is 13.3. The van der Waals surface area contributed by atoms with Crippen molar-refractivity contribution in [3.8, 4) is 10.7 Å². The number of aromatic nitrogens is 4. The second-order valence-electron chi connectivity index (χ2n) is 6.39. The molecule has 27 heavy (non-hydrogen) atoms. The Kier molecular flexibility index (Phi) is 4.61. The van der Waals surface area contributed by atoms with Crippen molar-refractivity contribution in [3.63, 3.8) is 0 Å². The number of benzene rings is 1. The number of nitrogens with zero attached hydrogens (tertiary/aromatic N) is 5. The Balaban J connectivity index is 1.46. The molecule has 0 saturated carbocycles. The molecule has 0 aliphatic carbocycles. The fraction of sp³-hybridized carbons (Fsp3) is 0.263. The van der Waals surface area contributed by atoms with E-state index in [4.69, 9.17) is 14.4 Å². The minimum absolute atomic E-state index is 0.519. The molecular formula is C19H17N5OS2. The van der Waals surface area contributed by atoms with Gasteiger partial charge in [0.2, 0.25) is 5.89 Å². The van der Waals surface area contributed by atoms with E-state index in [0.717, 1.165) is 46.3 Å². The van der Waals surface area contributed by atoms with Gasteiger partial charge in [0.15, 0.2) is 5.82 Å². The van der Waals surface area contributed by atoms with Crippen molar-refractivity contribution >= 4 is 34.0 Å². The van der Waals surface area contributed by atoms with E-state index in [-0.39, 0.29) is 0 Å². The van der Waals surface area contributed by atoms with Gasteiger partial charge in [-0.05, 0) is 55.2 Å². The molecule has 1 fully saturated rings. The maximum atomic E-state index is 5.87. The smallest absolute Gasteiger partial charge is 0.283 e. The highest BCUT2D eigenvalue weighted by Gasteiger charge is 2.18. The zero-order valence-electron chi connectivity index (χ0n) is 14.5. The van der Waals surface area contributed by atoms with Crippen LogP contribution in [-0.4, -0.2) is 38.2 Å². The topological polar surface area (TPSA) is 67.9 Å². The Hall–Kier alpha value is -2.29. The quantitative estimate of drug-likeness (QED) is 0.461. The van der Waals surface area contributed by atoms with Crippen LogP contribution in [0.3, 0.4) is 0 Å². The highest BCUT2D eigenvalue weighted by molar-refractivity contribution is 7.99. The van der Waals surface area contributed by atoms with E-state index in [2.05, 4.69) is 15.1 Å². The van der Waals surface area contributed by atoms with Crippen molar-refractivity contribution in [1.29, 1.82) is 0 Å². The van der Waals surface area contributed by atoms with Crippen molar-refractivity contribution in [1.82, 2.24) is 25.1 Å². The minimum Gasteiger partial charge on any atom is -0.414 e. The molecule has 0 amide bonds. The number of para-hydroxylation sites is 1. The summed E-state index contributed by atoms with van der Waals surface area (Å²) in [7, 11) is 0. The van der Waals surface area contributed by atoms with E-state index >= 15 is 0 Å². The highest BCUT2D eigenvalue weighted by Crippen LogP contribution is 2.33. The van der Waals surface area contributed by atoms with E-state index in [1.165, 1.54) is 24.6 Å². The molecule has 0 N–H and O–H groups in total. The summed E-state index contributed by atoms with van der Waals surface area (Å²) in [6.07, 6.45) is 2.49. The van der Waals surface area contributed by atoms with Crippen LogP contribution in [0.15, 0.2) is 56.4 Å². The third-order valence-corrected chi connectivity index (χ3v) is 6.21. The molecule has 4 aromatic rings. The predicted molar refractivity (Wildman–Crippen MR) is 106 cm³/mol. The van der Waals surface area contributed by atoms with Gasteiger partial charge in [-0.1, -0.05) is 24.3 Å². The second-order valence-corrected chi connectivity index (χ2v) is 8.28. The molecule has 1 aromatic carbocycles. The van der Waals surface area contributed by atoms with Crippen LogP contribution in [0, 0.1) is 0 Å².